The van der Waals surface area contributed by atoms with Gasteiger partial charge in [-0.05, 0) is 12.1 Å². The normalized spacial score (nSPS) is 10.3. The van der Waals surface area contributed by atoms with Crippen molar-refractivity contribution < 1.29 is 9.13 Å². The molecule has 6 heteroatoms. The Balaban J connectivity index is 2.04. The molecule has 1 heterocycles. The van der Waals surface area contributed by atoms with Crippen LogP contribution in [0.15, 0.2) is 30.3 Å². The zero-order valence-electron chi connectivity index (χ0n) is 8.53. The Labute approximate surface area is 107 Å². The summed E-state index contributed by atoms with van der Waals surface area (Å²) in [6.07, 6.45) is 0. The molecule has 0 saturated heterocycles. The van der Waals surface area contributed by atoms with Crippen LogP contribution in [0.4, 0.5) is 4.39 Å². The van der Waals surface area contributed by atoms with Gasteiger partial charge in [0.25, 0.3) is 0 Å². The molecule has 0 spiro atoms. The van der Waals surface area contributed by atoms with Gasteiger partial charge in [-0.3, -0.25) is 0 Å². The lowest BCUT2D eigenvalue weighted by molar-refractivity contribution is 0.288. The molecule has 0 unspecified atom stereocenters. The van der Waals surface area contributed by atoms with E-state index in [2.05, 4.69) is 10.2 Å². The fraction of sp³-hybridized carbons (Fsp3) is 0.0909. The highest BCUT2D eigenvalue weighted by Gasteiger charge is 2.03. The first-order valence-corrected chi connectivity index (χ1v) is 5.47. The molecule has 0 aliphatic carbocycles. The minimum absolute atomic E-state index is 0.219. The molecule has 0 bridgehead atoms. The molecule has 0 atom stereocenters. The molecule has 0 saturated carbocycles. The highest BCUT2D eigenvalue weighted by Crippen LogP contribution is 2.22. The smallest absolute Gasteiger partial charge is 0.233 e. The van der Waals surface area contributed by atoms with Crippen LogP contribution in [0, 0.1) is 5.95 Å². The SMILES string of the molecule is Fc1ccc(OCc2ccc(Cl)cc2Cl)nn1. The molecule has 0 aliphatic rings. The summed E-state index contributed by atoms with van der Waals surface area (Å²) < 4.78 is 17.8. The number of hydrogen-bond acceptors (Lipinski definition) is 3. The van der Waals surface area contributed by atoms with E-state index >= 15 is 0 Å². The molecule has 1 aromatic carbocycles. The third kappa shape index (κ3) is 3.28. The number of hydrogen-bond donors (Lipinski definition) is 0. The Morgan fingerprint density at radius 1 is 1.12 bits per heavy atom. The lowest BCUT2D eigenvalue weighted by Gasteiger charge is -2.06. The van der Waals surface area contributed by atoms with Crippen molar-refractivity contribution in [1.29, 1.82) is 0 Å². The molecule has 1 aromatic heterocycles. The second-order valence-electron chi connectivity index (χ2n) is 3.22. The lowest BCUT2D eigenvalue weighted by Crippen LogP contribution is -1.99. The summed E-state index contributed by atoms with van der Waals surface area (Å²) in [5, 5.41) is 7.82. The van der Waals surface area contributed by atoms with Crippen molar-refractivity contribution in [3.8, 4) is 5.88 Å². The highest BCUT2D eigenvalue weighted by molar-refractivity contribution is 6.35. The van der Waals surface area contributed by atoms with E-state index in [0.717, 1.165) is 5.56 Å². The third-order valence-corrected chi connectivity index (χ3v) is 2.59. The average Bonchev–Trinajstić information content (AvgIpc) is 2.30. The van der Waals surface area contributed by atoms with E-state index in [1.165, 1.54) is 12.1 Å². The highest BCUT2D eigenvalue weighted by atomic mass is 35.5. The summed E-state index contributed by atoms with van der Waals surface area (Å²) >= 11 is 11.7. The Bertz CT molecular complexity index is 519. The van der Waals surface area contributed by atoms with Crippen LogP contribution in [0.25, 0.3) is 0 Å². The fourth-order valence-electron chi connectivity index (χ4n) is 1.17. The Morgan fingerprint density at radius 2 is 1.94 bits per heavy atom. The molecule has 0 radical (unpaired) electrons. The maximum absolute atomic E-state index is 12.5. The topological polar surface area (TPSA) is 35.0 Å². The van der Waals surface area contributed by atoms with Gasteiger partial charge in [-0.15, -0.1) is 10.2 Å². The minimum Gasteiger partial charge on any atom is -0.472 e. The second kappa shape index (κ2) is 5.29. The first-order chi connectivity index (χ1) is 8.15. The van der Waals surface area contributed by atoms with Gasteiger partial charge in [0.15, 0.2) is 0 Å². The molecule has 88 valence electrons. The molecule has 2 rings (SSSR count). The Kier molecular flexibility index (Phi) is 3.76. The van der Waals surface area contributed by atoms with Crippen LogP contribution < -0.4 is 4.74 Å². The van der Waals surface area contributed by atoms with Crippen LogP contribution in [0.2, 0.25) is 10.0 Å². The van der Waals surface area contributed by atoms with E-state index in [1.54, 1.807) is 18.2 Å². The number of nitrogens with zero attached hydrogens (tertiary/aromatic N) is 2. The zero-order valence-corrected chi connectivity index (χ0v) is 10.0. The van der Waals surface area contributed by atoms with Gasteiger partial charge in [-0.2, -0.15) is 4.39 Å². The van der Waals surface area contributed by atoms with Crippen LogP contribution in [0.5, 0.6) is 5.88 Å². The summed E-state index contributed by atoms with van der Waals surface area (Å²) in [4.78, 5) is 0. The number of halogens is 3. The largest absolute Gasteiger partial charge is 0.472 e. The first kappa shape index (κ1) is 12.1. The maximum atomic E-state index is 12.5. The Hall–Kier alpha value is -1.39. The summed E-state index contributed by atoms with van der Waals surface area (Å²) in [5.74, 6) is -0.417. The van der Waals surface area contributed by atoms with Gasteiger partial charge in [0, 0.05) is 27.7 Å². The average molecular weight is 273 g/mol. The number of rotatable bonds is 3. The van der Waals surface area contributed by atoms with Crippen LogP contribution in [-0.4, -0.2) is 10.2 Å². The molecular weight excluding hydrogens is 266 g/mol. The van der Waals surface area contributed by atoms with Crippen molar-refractivity contribution in [3.05, 3.63) is 51.9 Å². The lowest BCUT2D eigenvalue weighted by atomic mass is 10.2. The molecule has 17 heavy (non-hydrogen) atoms. The molecule has 3 nitrogen and oxygen atoms in total. The minimum atomic E-state index is -0.651. The summed E-state index contributed by atoms with van der Waals surface area (Å²) in [6.45, 7) is 0.219. The first-order valence-electron chi connectivity index (χ1n) is 4.71. The summed E-state index contributed by atoms with van der Waals surface area (Å²) in [5.41, 5.74) is 0.766. The van der Waals surface area contributed by atoms with Crippen molar-refractivity contribution in [2.75, 3.05) is 0 Å². The quantitative estimate of drug-likeness (QED) is 0.858. The van der Waals surface area contributed by atoms with Gasteiger partial charge in [0.1, 0.15) is 6.61 Å². The molecule has 0 N–H and O–H groups in total. The molecule has 2 aromatic rings. The zero-order chi connectivity index (χ0) is 12.3. The van der Waals surface area contributed by atoms with Crippen molar-refractivity contribution in [3.63, 3.8) is 0 Å². The van der Waals surface area contributed by atoms with Gasteiger partial charge in [0.05, 0.1) is 0 Å². The number of benzene rings is 1. The van der Waals surface area contributed by atoms with E-state index in [4.69, 9.17) is 27.9 Å². The summed E-state index contributed by atoms with van der Waals surface area (Å²) in [7, 11) is 0. The van der Waals surface area contributed by atoms with E-state index in [9.17, 15) is 4.39 Å². The number of aromatic nitrogens is 2. The summed E-state index contributed by atoms with van der Waals surface area (Å²) in [6, 6.07) is 7.65. The van der Waals surface area contributed by atoms with Crippen LogP contribution in [0.1, 0.15) is 5.56 Å². The van der Waals surface area contributed by atoms with Gasteiger partial charge in [-0.1, -0.05) is 29.3 Å². The molecular formula is C11H7Cl2FN2O. The Morgan fingerprint density at radius 3 is 2.59 bits per heavy atom. The van der Waals surface area contributed by atoms with E-state index < -0.39 is 5.95 Å². The standard InChI is InChI=1S/C11H7Cl2FN2O/c12-8-2-1-7(9(13)5-8)6-17-11-4-3-10(14)15-16-11/h1-5H,6H2. The van der Waals surface area contributed by atoms with Crippen molar-refractivity contribution >= 4 is 23.2 Å². The van der Waals surface area contributed by atoms with Gasteiger partial charge < -0.3 is 4.74 Å². The van der Waals surface area contributed by atoms with Crippen LogP contribution in [0.3, 0.4) is 0 Å². The third-order valence-electron chi connectivity index (χ3n) is 2.00. The van der Waals surface area contributed by atoms with Crippen molar-refractivity contribution in [2.24, 2.45) is 0 Å². The van der Waals surface area contributed by atoms with Gasteiger partial charge >= 0.3 is 0 Å². The number of ether oxygens (including phenoxy) is 1. The monoisotopic (exact) mass is 272 g/mol. The fourth-order valence-corrected chi connectivity index (χ4v) is 1.63. The van der Waals surface area contributed by atoms with E-state index in [0.29, 0.717) is 10.0 Å². The van der Waals surface area contributed by atoms with Crippen LogP contribution in [-0.2, 0) is 6.61 Å². The second-order valence-corrected chi connectivity index (χ2v) is 4.06. The molecule has 0 aliphatic heterocycles. The van der Waals surface area contributed by atoms with Crippen LogP contribution >= 0.6 is 23.2 Å². The molecule has 0 amide bonds. The predicted molar refractivity (Wildman–Crippen MR) is 62.8 cm³/mol. The maximum Gasteiger partial charge on any atom is 0.233 e. The van der Waals surface area contributed by atoms with Crippen molar-refractivity contribution in [1.82, 2.24) is 10.2 Å². The van der Waals surface area contributed by atoms with Crippen molar-refractivity contribution in [2.45, 2.75) is 6.61 Å². The van der Waals surface area contributed by atoms with E-state index in [1.807, 2.05) is 0 Å². The van der Waals surface area contributed by atoms with Gasteiger partial charge in [-0.25, -0.2) is 0 Å². The predicted octanol–water partition coefficient (Wildman–Crippen LogP) is 3.50. The van der Waals surface area contributed by atoms with E-state index in [-0.39, 0.29) is 12.5 Å². The van der Waals surface area contributed by atoms with Gasteiger partial charge in [0.2, 0.25) is 11.8 Å². The molecule has 0 fully saturated rings.